The van der Waals surface area contributed by atoms with E-state index >= 15 is 0 Å². The molecule has 2 aromatic carbocycles. The van der Waals surface area contributed by atoms with Crippen LogP contribution in [0.15, 0.2) is 42.5 Å². The monoisotopic (exact) mass is 353 g/mol. The second-order valence-electron chi connectivity index (χ2n) is 7.05. The van der Waals surface area contributed by atoms with Gasteiger partial charge < -0.3 is 16.0 Å². The van der Waals surface area contributed by atoms with Gasteiger partial charge in [0.25, 0.3) is 0 Å². The lowest BCUT2D eigenvalue weighted by atomic mass is 9.92. The minimum absolute atomic E-state index is 0.0643. The molecule has 3 N–H and O–H groups in total. The van der Waals surface area contributed by atoms with E-state index in [-0.39, 0.29) is 18.4 Å². The molecule has 0 saturated heterocycles. The van der Waals surface area contributed by atoms with Crippen LogP contribution in [0.25, 0.3) is 0 Å². The van der Waals surface area contributed by atoms with Crippen molar-refractivity contribution < 1.29 is 9.59 Å². The Hall–Kier alpha value is -2.66. The van der Waals surface area contributed by atoms with Gasteiger partial charge in [-0.05, 0) is 44.4 Å². The maximum Gasteiger partial charge on any atom is 0.247 e. The number of aryl methyl sites for hydroxylation is 3. The second kappa shape index (κ2) is 7.70. The van der Waals surface area contributed by atoms with Crippen LogP contribution in [0.3, 0.4) is 0 Å². The van der Waals surface area contributed by atoms with E-state index < -0.39 is 5.54 Å². The van der Waals surface area contributed by atoms with Gasteiger partial charge in [0.1, 0.15) is 5.54 Å². The molecule has 0 radical (unpaired) electrons. The molecule has 0 aliphatic heterocycles. The number of carbonyl (C=O) groups excluding carboxylic acids is 2. The van der Waals surface area contributed by atoms with Crippen molar-refractivity contribution in [3.8, 4) is 0 Å². The van der Waals surface area contributed by atoms with Crippen molar-refractivity contribution in [2.45, 2.75) is 33.2 Å². The quantitative estimate of drug-likeness (QED) is 0.868. The number of likely N-dealkylation sites (N-methyl/N-ethyl adjacent to an activating group) is 1. The summed E-state index contributed by atoms with van der Waals surface area (Å²) in [5.74, 6) is -0.559. The third-order valence-corrected chi connectivity index (χ3v) is 4.49. The first-order chi connectivity index (χ1) is 12.1. The molecule has 0 aromatic heterocycles. The lowest BCUT2D eigenvalue weighted by Gasteiger charge is -2.29. The highest BCUT2D eigenvalue weighted by molar-refractivity contribution is 5.97. The largest absolute Gasteiger partial charge is 0.335 e. The van der Waals surface area contributed by atoms with E-state index in [4.69, 9.17) is 5.73 Å². The molecule has 5 nitrogen and oxygen atoms in total. The fourth-order valence-corrected chi connectivity index (χ4v) is 3.15. The number of carbonyl (C=O) groups is 2. The van der Waals surface area contributed by atoms with E-state index in [2.05, 4.69) is 5.32 Å². The summed E-state index contributed by atoms with van der Waals surface area (Å²) >= 11 is 0. The standard InChI is InChI=1S/C21H27N3O2/c1-14-11-15(2)19(16(3)12-14)23-18(25)13-24(5)20(26)21(4,22)17-9-7-6-8-10-17/h6-12H,13,22H2,1-5H3,(H,23,25). The van der Waals surface area contributed by atoms with Crippen molar-refractivity contribution >= 4 is 17.5 Å². The topological polar surface area (TPSA) is 75.4 Å². The molecule has 2 aromatic rings. The molecule has 2 amide bonds. The molecule has 2 rings (SSSR count). The zero-order valence-corrected chi connectivity index (χ0v) is 16.1. The highest BCUT2D eigenvalue weighted by atomic mass is 16.2. The SMILES string of the molecule is Cc1cc(C)c(NC(=O)CN(C)C(=O)C(C)(N)c2ccccc2)c(C)c1. The average Bonchev–Trinajstić information content (AvgIpc) is 2.58. The van der Waals surface area contributed by atoms with Crippen LogP contribution >= 0.6 is 0 Å². The molecule has 0 aliphatic carbocycles. The second-order valence-corrected chi connectivity index (χ2v) is 7.05. The van der Waals surface area contributed by atoms with Crippen LogP contribution in [0, 0.1) is 20.8 Å². The number of nitrogens with zero attached hydrogens (tertiary/aromatic N) is 1. The maximum atomic E-state index is 12.8. The lowest BCUT2D eigenvalue weighted by Crippen LogP contribution is -2.51. The number of benzene rings is 2. The number of anilines is 1. The summed E-state index contributed by atoms with van der Waals surface area (Å²) in [5.41, 5.74) is 9.71. The van der Waals surface area contributed by atoms with Crippen LogP contribution in [0.2, 0.25) is 0 Å². The molecule has 0 fully saturated rings. The number of nitrogens with two attached hydrogens (primary N) is 1. The van der Waals surface area contributed by atoms with Gasteiger partial charge in [0.05, 0.1) is 6.54 Å². The van der Waals surface area contributed by atoms with Gasteiger partial charge in [0, 0.05) is 12.7 Å². The van der Waals surface area contributed by atoms with Crippen molar-refractivity contribution in [3.63, 3.8) is 0 Å². The van der Waals surface area contributed by atoms with Crippen molar-refractivity contribution in [3.05, 3.63) is 64.7 Å². The predicted molar refractivity (Wildman–Crippen MR) is 105 cm³/mol. The smallest absolute Gasteiger partial charge is 0.247 e. The lowest BCUT2D eigenvalue weighted by molar-refractivity contribution is -0.138. The number of amides is 2. The van der Waals surface area contributed by atoms with Gasteiger partial charge in [0.15, 0.2) is 0 Å². The summed E-state index contributed by atoms with van der Waals surface area (Å²) in [6.45, 7) is 7.52. The van der Waals surface area contributed by atoms with Crippen molar-refractivity contribution in [2.75, 3.05) is 18.9 Å². The minimum Gasteiger partial charge on any atom is -0.335 e. The first-order valence-electron chi connectivity index (χ1n) is 8.60. The van der Waals surface area contributed by atoms with E-state index in [9.17, 15) is 9.59 Å². The highest BCUT2D eigenvalue weighted by Crippen LogP contribution is 2.22. The molecular weight excluding hydrogens is 326 g/mol. The van der Waals surface area contributed by atoms with E-state index in [1.165, 1.54) is 4.90 Å². The molecule has 1 atom stereocenters. The Morgan fingerprint density at radius 3 is 2.15 bits per heavy atom. The fraction of sp³-hybridized carbons (Fsp3) is 0.333. The van der Waals surface area contributed by atoms with Gasteiger partial charge in [-0.25, -0.2) is 0 Å². The Bertz CT molecular complexity index is 790. The Morgan fingerprint density at radius 1 is 1.08 bits per heavy atom. The molecule has 5 heteroatoms. The normalized spacial score (nSPS) is 13.0. The minimum atomic E-state index is -1.19. The van der Waals surface area contributed by atoms with Crippen LogP contribution in [-0.4, -0.2) is 30.3 Å². The number of nitrogens with one attached hydrogen (secondary N) is 1. The Morgan fingerprint density at radius 2 is 1.62 bits per heavy atom. The van der Waals surface area contributed by atoms with Crippen LogP contribution in [0.1, 0.15) is 29.2 Å². The molecule has 1 unspecified atom stereocenters. The molecular formula is C21H27N3O2. The zero-order valence-electron chi connectivity index (χ0n) is 16.1. The Balaban J connectivity index is 2.08. The van der Waals surface area contributed by atoms with Crippen LogP contribution < -0.4 is 11.1 Å². The van der Waals surface area contributed by atoms with Gasteiger partial charge >= 0.3 is 0 Å². The third kappa shape index (κ3) is 4.29. The van der Waals surface area contributed by atoms with Crippen LogP contribution in [0.4, 0.5) is 5.69 Å². The maximum absolute atomic E-state index is 12.8. The van der Waals surface area contributed by atoms with E-state index in [0.717, 1.165) is 22.4 Å². The summed E-state index contributed by atoms with van der Waals surface area (Å²) in [5, 5.41) is 2.91. The molecule has 138 valence electrons. The Labute approximate surface area is 155 Å². The molecule has 0 aliphatic rings. The predicted octanol–water partition coefficient (Wildman–Crippen LogP) is 2.88. The Kier molecular flexibility index (Phi) is 5.83. The fourth-order valence-electron chi connectivity index (χ4n) is 3.15. The molecule has 0 saturated carbocycles. The molecule has 26 heavy (non-hydrogen) atoms. The number of hydrogen-bond donors (Lipinski definition) is 2. The first-order valence-corrected chi connectivity index (χ1v) is 8.60. The van der Waals surface area contributed by atoms with E-state index in [1.807, 2.05) is 63.2 Å². The third-order valence-electron chi connectivity index (χ3n) is 4.49. The number of rotatable bonds is 5. The summed E-state index contributed by atoms with van der Waals surface area (Å²) < 4.78 is 0. The average molecular weight is 353 g/mol. The summed E-state index contributed by atoms with van der Waals surface area (Å²) in [6.07, 6.45) is 0. The van der Waals surface area contributed by atoms with Gasteiger partial charge in [-0.1, -0.05) is 48.0 Å². The highest BCUT2D eigenvalue weighted by Gasteiger charge is 2.33. The van der Waals surface area contributed by atoms with Crippen molar-refractivity contribution in [2.24, 2.45) is 5.73 Å². The van der Waals surface area contributed by atoms with Crippen LogP contribution in [-0.2, 0) is 15.1 Å². The van der Waals surface area contributed by atoms with Crippen molar-refractivity contribution in [1.29, 1.82) is 0 Å². The zero-order chi connectivity index (χ0) is 19.5. The number of hydrogen-bond acceptors (Lipinski definition) is 3. The summed E-state index contributed by atoms with van der Waals surface area (Å²) in [4.78, 5) is 26.5. The van der Waals surface area contributed by atoms with Gasteiger partial charge in [-0.15, -0.1) is 0 Å². The van der Waals surface area contributed by atoms with Gasteiger partial charge in [-0.2, -0.15) is 0 Å². The van der Waals surface area contributed by atoms with Gasteiger partial charge in [-0.3, -0.25) is 9.59 Å². The molecule has 0 bridgehead atoms. The summed E-state index contributed by atoms with van der Waals surface area (Å²) in [7, 11) is 1.59. The van der Waals surface area contributed by atoms with E-state index in [0.29, 0.717) is 5.56 Å². The van der Waals surface area contributed by atoms with Gasteiger partial charge in [0.2, 0.25) is 11.8 Å². The molecule has 0 heterocycles. The molecule has 0 spiro atoms. The van der Waals surface area contributed by atoms with Crippen molar-refractivity contribution in [1.82, 2.24) is 4.90 Å². The first kappa shape index (κ1) is 19.7. The van der Waals surface area contributed by atoms with Crippen LogP contribution in [0.5, 0.6) is 0 Å². The summed E-state index contributed by atoms with van der Waals surface area (Å²) in [6, 6.07) is 13.2. The van der Waals surface area contributed by atoms with E-state index in [1.54, 1.807) is 14.0 Å².